The zero-order valence-electron chi connectivity index (χ0n) is 14.6. The molecule has 0 unspecified atom stereocenters. The maximum absolute atomic E-state index is 12.4. The smallest absolute Gasteiger partial charge is 0.257 e. The fraction of sp³-hybridized carbons (Fsp3) is 0.250. The predicted molar refractivity (Wildman–Crippen MR) is 111 cm³/mol. The summed E-state index contributed by atoms with van der Waals surface area (Å²) >= 11 is 4.86. The van der Waals surface area contributed by atoms with Crippen LogP contribution < -0.4 is 5.32 Å². The van der Waals surface area contributed by atoms with Crippen molar-refractivity contribution >= 4 is 38.3 Å². The summed E-state index contributed by atoms with van der Waals surface area (Å²) in [5.41, 5.74) is 2.72. The van der Waals surface area contributed by atoms with Gasteiger partial charge in [-0.1, -0.05) is 22.0 Å². The minimum absolute atomic E-state index is 0.139. The number of rotatable bonds is 5. The zero-order valence-corrected chi connectivity index (χ0v) is 17.0. The Bertz CT molecular complexity index is 913. The highest BCUT2D eigenvalue weighted by atomic mass is 79.9. The number of nitrogens with one attached hydrogen (secondary N) is 1. The molecule has 0 spiro atoms. The number of pyridine rings is 1. The minimum atomic E-state index is -0.139. The van der Waals surface area contributed by atoms with E-state index in [1.165, 1.54) is 11.3 Å². The van der Waals surface area contributed by atoms with E-state index < -0.39 is 0 Å². The van der Waals surface area contributed by atoms with Crippen molar-refractivity contribution in [1.82, 2.24) is 14.9 Å². The van der Waals surface area contributed by atoms with Gasteiger partial charge in [-0.25, -0.2) is 4.98 Å². The Kier molecular flexibility index (Phi) is 5.61. The summed E-state index contributed by atoms with van der Waals surface area (Å²) in [6, 6.07) is 13.6. The number of hydrogen-bond acceptors (Lipinski definition) is 5. The van der Waals surface area contributed by atoms with E-state index in [2.05, 4.69) is 47.6 Å². The molecule has 7 heteroatoms. The molecule has 1 aliphatic rings. The van der Waals surface area contributed by atoms with E-state index in [4.69, 9.17) is 0 Å². The molecular formula is C20H19BrN4OS. The van der Waals surface area contributed by atoms with Crippen molar-refractivity contribution in [2.24, 2.45) is 0 Å². The first-order valence-electron chi connectivity index (χ1n) is 8.85. The van der Waals surface area contributed by atoms with Crippen molar-refractivity contribution in [2.45, 2.75) is 25.4 Å². The second kappa shape index (κ2) is 8.29. The van der Waals surface area contributed by atoms with Gasteiger partial charge in [0.25, 0.3) is 5.91 Å². The molecule has 1 aromatic carbocycles. The normalized spacial score (nSPS) is 17.1. The molecule has 1 atom stereocenters. The first-order chi connectivity index (χ1) is 13.2. The maximum atomic E-state index is 12.4. The van der Waals surface area contributed by atoms with Gasteiger partial charge in [-0.05, 0) is 55.8 Å². The van der Waals surface area contributed by atoms with Crippen LogP contribution in [-0.2, 0) is 6.54 Å². The monoisotopic (exact) mass is 442 g/mol. The molecule has 4 rings (SSSR count). The van der Waals surface area contributed by atoms with Crippen LogP contribution in [0.5, 0.6) is 0 Å². The highest BCUT2D eigenvalue weighted by Crippen LogP contribution is 2.34. The highest BCUT2D eigenvalue weighted by Gasteiger charge is 2.28. The summed E-state index contributed by atoms with van der Waals surface area (Å²) in [5.74, 6) is -0.139. The van der Waals surface area contributed by atoms with Crippen LogP contribution in [-0.4, -0.2) is 27.3 Å². The fourth-order valence-electron chi connectivity index (χ4n) is 3.32. The maximum Gasteiger partial charge on any atom is 0.257 e. The van der Waals surface area contributed by atoms with E-state index in [1.54, 1.807) is 12.1 Å². The van der Waals surface area contributed by atoms with Gasteiger partial charge in [-0.3, -0.25) is 20.0 Å². The van der Waals surface area contributed by atoms with Gasteiger partial charge in [-0.15, -0.1) is 11.3 Å². The van der Waals surface area contributed by atoms with Crippen LogP contribution in [0.25, 0.3) is 0 Å². The molecule has 1 aliphatic heterocycles. The molecule has 27 heavy (non-hydrogen) atoms. The van der Waals surface area contributed by atoms with Gasteiger partial charge < -0.3 is 0 Å². The van der Waals surface area contributed by atoms with Crippen LogP contribution in [0, 0.1) is 0 Å². The van der Waals surface area contributed by atoms with Gasteiger partial charge in [-0.2, -0.15) is 0 Å². The summed E-state index contributed by atoms with van der Waals surface area (Å²) in [7, 11) is 0. The third-order valence-corrected chi connectivity index (χ3v) is 5.95. The number of amides is 1. The molecule has 3 aromatic rings. The van der Waals surface area contributed by atoms with Gasteiger partial charge in [0.05, 0.1) is 17.4 Å². The van der Waals surface area contributed by atoms with E-state index >= 15 is 0 Å². The second-order valence-corrected chi connectivity index (χ2v) is 8.26. The molecule has 1 saturated heterocycles. The Morgan fingerprint density at radius 2 is 2.11 bits per heavy atom. The molecular weight excluding hydrogens is 424 g/mol. The lowest BCUT2D eigenvalue weighted by molar-refractivity contribution is 0.102. The number of anilines is 1. The van der Waals surface area contributed by atoms with Crippen molar-refractivity contribution in [3.8, 4) is 0 Å². The van der Waals surface area contributed by atoms with Crippen LogP contribution in [0.2, 0.25) is 0 Å². The van der Waals surface area contributed by atoms with E-state index in [1.807, 2.05) is 30.5 Å². The number of carbonyl (C=O) groups excluding carboxylic acids is 1. The number of carbonyl (C=O) groups is 1. The summed E-state index contributed by atoms with van der Waals surface area (Å²) in [6.45, 7) is 1.86. The largest absolute Gasteiger partial charge is 0.298 e. The number of halogens is 1. The lowest BCUT2D eigenvalue weighted by Crippen LogP contribution is -2.23. The Morgan fingerprint density at radius 1 is 1.26 bits per heavy atom. The van der Waals surface area contributed by atoms with Gasteiger partial charge in [0.2, 0.25) is 0 Å². The summed E-state index contributed by atoms with van der Waals surface area (Å²) < 4.78 is 0.949. The van der Waals surface area contributed by atoms with Gasteiger partial charge in [0.15, 0.2) is 5.13 Å². The minimum Gasteiger partial charge on any atom is -0.298 e. The standard InChI is InChI=1S/C20H19BrN4OS/c21-15-8-6-14(7-9-15)19(26)24-20-23-17(13-27-20)18-5-3-11-25(18)12-16-4-1-2-10-22-16/h1-2,4,6-10,13,18H,3,5,11-12H2,(H,23,24,26)/t18-/m0/s1. The van der Waals surface area contributed by atoms with E-state index in [9.17, 15) is 4.79 Å². The molecule has 1 fully saturated rings. The van der Waals surface area contributed by atoms with Gasteiger partial charge >= 0.3 is 0 Å². The van der Waals surface area contributed by atoms with Crippen molar-refractivity contribution in [3.05, 3.63) is 75.5 Å². The molecule has 0 aliphatic carbocycles. The molecule has 3 heterocycles. The Morgan fingerprint density at radius 3 is 2.89 bits per heavy atom. The molecule has 1 amide bonds. The van der Waals surface area contributed by atoms with Crippen molar-refractivity contribution in [1.29, 1.82) is 0 Å². The van der Waals surface area contributed by atoms with Crippen molar-refractivity contribution in [3.63, 3.8) is 0 Å². The second-order valence-electron chi connectivity index (χ2n) is 6.49. The zero-order chi connectivity index (χ0) is 18.6. The van der Waals surface area contributed by atoms with E-state index in [0.29, 0.717) is 10.7 Å². The number of benzene rings is 1. The average molecular weight is 443 g/mol. The summed E-state index contributed by atoms with van der Waals surface area (Å²) in [6.07, 6.45) is 4.06. The first kappa shape index (κ1) is 18.3. The van der Waals surface area contributed by atoms with Crippen LogP contribution in [0.3, 0.4) is 0 Å². The third kappa shape index (κ3) is 4.43. The summed E-state index contributed by atoms with van der Waals surface area (Å²) in [5, 5.41) is 5.60. The molecule has 5 nitrogen and oxygen atoms in total. The summed E-state index contributed by atoms with van der Waals surface area (Å²) in [4.78, 5) is 23.9. The van der Waals surface area contributed by atoms with Gasteiger partial charge in [0, 0.05) is 28.2 Å². The lowest BCUT2D eigenvalue weighted by atomic mass is 10.1. The SMILES string of the molecule is O=C(Nc1nc([C@@H]2CCCN2Cc2ccccn2)cs1)c1ccc(Br)cc1. The van der Waals surface area contributed by atoms with Crippen LogP contribution >= 0.6 is 27.3 Å². The molecule has 0 bridgehead atoms. The number of thiazole rings is 1. The quantitative estimate of drug-likeness (QED) is 0.610. The van der Waals surface area contributed by atoms with Crippen LogP contribution in [0.15, 0.2) is 58.5 Å². The number of hydrogen-bond donors (Lipinski definition) is 1. The Balaban J connectivity index is 1.43. The fourth-order valence-corrected chi connectivity index (χ4v) is 4.33. The lowest BCUT2D eigenvalue weighted by Gasteiger charge is -2.22. The van der Waals surface area contributed by atoms with Crippen molar-refractivity contribution in [2.75, 3.05) is 11.9 Å². The molecule has 2 aromatic heterocycles. The molecule has 138 valence electrons. The number of nitrogens with zero attached hydrogens (tertiary/aromatic N) is 3. The first-order valence-corrected chi connectivity index (χ1v) is 10.5. The topological polar surface area (TPSA) is 58.1 Å². The molecule has 1 N–H and O–H groups in total. The predicted octanol–water partition coefficient (Wildman–Crippen LogP) is 4.89. The number of aromatic nitrogens is 2. The third-order valence-electron chi connectivity index (χ3n) is 4.65. The highest BCUT2D eigenvalue weighted by molar-refractivity contribution is 9.10. The van der Waals surface area contributed by atoms with Crippen LogP contribution in [0.1, 0.15) is 40.6 Å². The molecule has 0 saturated carbocycles. The number of likely N-dealkylation sites (tertiary alicyclic amines) is 1. The Labute approximate surface area is 170 Å². The van der Waals surface area contributed by atoms with Crippen molar-refractivity contribution < 1.29 is 4.79 Å². The molecule has 0 radical (unpaired) electrons. The Hall–Kier alpha value is -2.09. The van der Waals surface area contributed by atoms with Gasteiger partial charge in [0.1, 0.15) is 0 Å². The van der Waals surface area contributed by atoms with Crippen LogP contribution in [0.4, 0.5) is 5.13 Å². The van der Waals surface area contributed by atoms with E-state index in [-0.39, 0.29) is 11.9 Å². The van der Waals surface area contributed by atoms with E-state index in [0.717, 1.165) is 41.8 Å². The average Bonchev–Trinajstić information content (AvgIpc) is 3.32.